The van der Waals surface area contributed by atoms with Crippen LogP contribution in [0.5, 0.6) is 17.2 Å². The summed E-state index contributed by atoms with van der Waals surface area (Å²) in [4.78, 5) is 23.2. The topological polar surface area (TPSA) is 335 Å². The number of nitrogens with two attached hydrogens (primary N) is 3. The minimum Gasteiger partial charge on any atom is -0.489 e. The number of primary amides is 1. The molecule has 0 aliphatic rings. The number of nitrogen functional groups attached to an aromatic ring is 2. The van der Waals surface area contributed by atoms with Gasteiger partial charge in [-0.1, -0.05) is 45.9 Å². The van der Waals surface area contributed by atoms with Crippen LogP contribution >= 0.6 is 0 Å². The van der Waals surface area contributed by atoms with E-state index in [2.05, 4.69) is 19.2 Å². The lowest BCUT2D eigenvalue weighted by molar-refractivity contribution is 0.0949. The second kappa shape index (κ2) is 29.5. The third kappa shape index (κ3) is 31.8. The van der Waals surface area contributed by atoms with Gasteiger partial charge in [0.05, 0.1) is 37.1 Å². The lowest BCUT2D eigenvalue weighted by atomic mass is 10.1. The number of aliphatic hydroxyl groups excluding tert-OH is 1. The molecule has 0 saturated carbocycles. The summed E-state index contributed by atoms with van der Waals surface area (Å²) in [5.74, 6) is -1.93. The molecule has 22 heteroatoms. The lowest BCUT2D eigenvalue weighted by Crippen LogP contribution is -2.25. The minimum atomic E-state index is -4.25. The Kier molecular flexibility index (Phi) is 27.2. The smallest absolute Gasteiger partial charge is 0.264 e. The number of carbonyl (C=O) groups is 2. The third-order valence-electron chi connectivity index (χ3n) is 7.39. The first-order valence-electron chi connectivity index (χ1n) is 19.1. The molecule has 0 spiro atoms. The fourth-order valence-electron chi connectivity index (χ4n) is 4.26. The summed E-state index contributed by atoms with van der Waals surface area (Å²) in [5.41, 5.74) is 17.7. The molecule has 2 amide bonds. The average Bonchev–Trinajstić information content (AvgIpc) is 3.14. The summed E-state index contributed by atoms with van der Waals surface area (Å²) < 4.78 is 110. The second-order valence-electron chi connectivity index (χ2n) is 14.0. The van der Waals surface area contributed by atoms with Gasteiger partial charge in [0.1, 0.15) is 0 Å². The molecule has 19 nitrogen and oxygen atoms in total. The molecule has 0 heterocycles. The number of para-hydroxylation sites is 1. The van der Waals surface area contributed by atoms with Gasteiger partial charge in [0.15, 0.2) is 11.5 Å². The Bertz CT molecular complexity index is 1990. The van der Waals surface area contributed by atoms with Crippen LogP contribution in [0.15, 0.2) is 66.7 Å². The largest absolute Gasteiger partial charge is 0.489 e. The molecule has 0 aliphatic heterocycles. The SMILES string of the molecule is CC(C)CCNC(=O)c1cc(OCCCS(=O)(=O)O)c(OCCCS(=O)(=O)O)c(OCCCS(=O)(=O)O)c1.CC(C)CCO.NC(=O)c1ccc(N)cc1.Nc1ccccc1. The van der Waals surface area contributed by atoms with E-state index in [-0.39, 0.29) is 61.9 Å². The summed E-state index contributed by atoms with van der Waals surface area (Å²) in [6.07, 6.45) is 1.28. The molecule has 11 N–H and O–H groups in total. The molecule has 0 aromatic heterocycles. The van der Waals surface area contributed by atoms with Gasteiger partial charge in [-0.05, 0) is 92.5 Å². The van der Waals surface area contributed by atoms with Crippen molar-refractivity contribution in [2.45, 2.75) is 59.8 Å². The minimum absolute atomic E-state index is 0.0616. The second-order valence-corrected chi connectivity index (χ2v) is 18.7. The van der Waals surface area contributed by atoms with Crippen molar-refractivity contribution in [1.29, 1.82) is 0 Å². The van der Waals surface area contributed by atoms with Gasteiger partial charge in [-0.25, -0.2) is 0 Å². The Balaban J connectivity index is 0.00000124. The molecule has 346 valence electrons. The molecule has 0 fully saturated rings. The Morgan fingerprint density at radius 1 is 0.623 bits per heavy atom. The maximum absolute atomic E-state index is 12.8. The van der Waals surface area contributed by atoms with E-state index < -0.39 is 59.4 Å². The number of hydrogen-bond donors (Lipinski definition) is 8. The van der Waals surface area contributed by atoms with Crippen LogP contribution in [0, 0.1) is 11.8 Å². The first-order valence-corrected chi connectivity index (χ1v) is 23.9. The molecular weight excluding hydrogens is 861 g/mol. The molecule has 3 aromatic rings. The highest BCUT2D eigenvalue weighted by molar-refractivity contribution is 7.86. The highest BCUT2D eigenvalue weighted by Crippen LogP contribution is 2.39. The van der Waals surface area contributed by atoms with Crippen molar-refractivity contribution in [3.05, 3.63) is 77.9 Å². The van der Waals surface area contributed by atoms with Crippen LogP contribution in [0.1, 0.15) is 80.5 Å². The first-order chi connectivity index (χ1) is 28.3. The Morgan fingerprint density at radius 3 is 1.36 bits per heavy atom. The molecule has 0 bridgehead atoms. The molecular formula is C39H62N4O15S3. The van der Waals surface area contributed by atoms with Crippen molar-refractivity contribution < 1.29 is 67.8 Å². The highest BCUT2D eigenvalue weighted by Gasteiger charge is 2.20. The van der Waals surface area contributed by atoms with Gasteiger partial charge in [0, 0.05) is 35.7 Å². The number of amides is 2. The van der Waals surface area contributed by atoms with E-state index in [0.29, 0.717) is 42.7 Å². The third-order valence-corrected chi connectivity index (χ3v) is 9.81. The number of nitrogens with one attached hydrogen (secondary N) is 1. The van der Waals surface area contributed by atoms with Gasteiger partial charge in [-0.15, -0.1) is 0 Å². The number of carbonyl (C=O) groups excluding carboxylic acids is 2. The molecule has 61 heavy (non-hydrogen) atoms. The zero-order valence-electron chi connectivity index (χ0n) is 34.9. The van der Waals surface area contributed by atoms with E-state index in [9.17, 15) is 34.8 Å². The Labute approximate surface area is 359 Å². The maximum atomic E-state index is 12.8. The van der Waals surface area contributed by atoms with E-state index in [4.69, 9.17) is 50.2 Å². The van der Waals surface area contributed by atoms with Crippen molar-refractivity contribution in [3.63, 3.8) is 0 Å². The van der Waals surface area contributed by atoms with Gasteiger partial charge < -0.3 is 41.8 Å². The predicted molar refractivity (Wildman–Crippen MR) is 235 cm³/mol. The van der Waals surface area contributed by atoms with Crippen molar-refractivity contribution in [2.75, 3.05) is 61.7 Å². The molecule has 3 rings (SSSR count). The molecule has 0 aliphatic carbocycles. The van der Waals surface area contributed by atoms with Crippen LogP contribution in [0.4, 0.5) is 11.4 Å². The van der Waals surface area contributed by atoms with Gasteiger partial charge in [-0.3, -0.25) is 23.2 Å². The van der Waals surface area contributed by atoms with Crippen LogP contribution < -0.4 is 36.7 Å². The van der Waals surface area contributed by atoms with Gasteiger partial charge in [0.2, 0.25) is 11.7 Å². The predicted octanol–water partition coefficient (Wildman–Crippen LogP) is 4.09. The van der Waals surface area contributed by atoms with Crippen LogP contribution in [-0.4, -0.2) is 106 Å². The van der Waals surface area contributed by atoms with E-state index in [1.165, 1.54) is 12.1 Å². The fraction of sp³-hybridized carbons (Fsp3) is 0.487. The van der Waals surface area contributed by atoms with Crippen molar-refractivity contribution in [1.82, 2.24) is 5.32 Å². The zero-order chi connectivity index (χ0) is 46.6. The van der Waals surface area contributed by atoms with Crippen LogP contribution in [0.3, 0.4) is 0 Å². The summed E-state index contributed by atoms with van der Waals surface area (Å²) in [5, 5.41) is 11.0. The zero-order valence-corrected chi connectivity index (χ0v) is 37.4. The van der Waals surface area contributed by atoms with E-state index in [1.807, 2.05) is 44.2 Å². The number of ether oxygens (including phenoxy) is 3. The van der Waals surface area contributed by atoms with Gasteiger partial charge in [-0.2, -0.15) is 25.3 Å². The molecule has 0 atom stereocenters. The fourth-order valence-corrected chi connectivity index (χ4v) is 5.71. The number of anilines is 2. The van der Waals surface area contributed by atoms with Crippen molar-refractivity contribution >= 4 is 53.5 Å². The number of hydrogen-bond acceptors (Lipinski definition) is 14. The standard InChI is InChI=1S/C21H35NO13S3.C7H8N2O.C6H7N.C5H12O/c1-16(2)6-7-22-21(23)17-14-18(33-8-3-11-36(24,25)26)20(35-10-5-13-38(30,31)32)19(15-17)34-9-4-12-37(27,28)29;8-6-3-1-5(2-4-6)7(9)10;7-6-4-2-1-3-5-6;1-5(2)3-4-6/h14-16H,3-13H2,1-2H3,(H,22,23)(H,24,25,26)(H,27,28,29)(H,30,31,32);1-4H,8H2,(H2,9,10);1-5H,7H2;5-6H,3-4H2,1-2H3. The number of rotatable bonds is 22. The van der Waals surface area contributed by atoms with Crippen LogP contribution in [0.25, 0.3) is 0 Å². The van der Waals surface area contributed by atoms with E-state index in [0.717, 1.165) is 12.1 Å². The number of aliphatic hydroxyl groups is 1. The highest BCUT2D eigenvalue weighted by atomic mass is 32.2. The van der Waals surface area contributed by atoms with Crippen molar-refractivity contribution in [3.8, 4) is 17.2 Å². The monoisotopic (exact) mass is 922 g/mol. The summed E-state index contributed by atoms with van der Waals surface area (Å²) in [7, 11) is -12.7. The van der Waals surface area contributed by atoms with Crippen molar-refractivity contribution in [2.24, 2.45) is 17.6 Å². The van der Waals surface area contributed by atoms with Crippen LogP contribution in [-0.2, 0) is 30.4 Å². The molecule has 0 saturated heterocycles. The van der Waals surface area contributed by atoms with Crippen LogP contribution in [0.2, 0.25) is 0 Å². The van der Waals surface area contributed by atoms with Gasteiger partial charge >= 0.3 is 0 Å². The summed E-state index contributed by atoms with van der Waals surface area (Å²) in [6.45, 7) is 8.18. The molecule has 0 unspecified atom stereocenters. The Morgan fingerprint density at radius 2 is 1.03 bits per heavy atom. The number of benzene rings is 3. The maximum Gasteiger partial charge on any atom is 0.264 e. The van der Waals surface area contributed by atoms with E-state index in [1.54, 1.807) is 24.3 Å². The van der Waals surface area contributed by atoms with E-state index >= 15 is 0 Å². The molecule has 3 aromatic carbocycles. The first kappa shape index (κ1) is 56.3. The quantitative estimate of drug-likeness (QED) is 0.0399. The summed E-state index contributed by atoms with van der Waals surface area (Å²) >= 11 is 0. The molecule has 0 radical (unpaired) electrons. The summed E-state index contributed by atoms with van der Waals surface area (Å²) in [6, 6.07) is 18.6. The van der Waals surface area contributed by atoms with Gasteiger partial charge in [0.25, 0.3) is 36.3 Å². The lowest BCUT2D eigenvalue weighted by Gasteiger charge is -2.19. The normalized spacial score (nSPS) is 11.2. The Hall–Kier alpha value is -4.71. The average molecular weight is 923 g/mol.